The number of aliphatic hydroxyl groups excluding tert-OH is 1. The standard InChI is InChI=1S/C12H16N4OS/c17-9-5-2-6-10-18-12-13-14-15-16(12)11-7-3-1-4-8-11/h1,3-4,7-8,17H,2,5-6,9-10H2. The molecule has 2 rings (SSSR count). The summed E-state index contributed by atoms with van der Waals surface area (Å²) in [5.41, 5.74) is 0.973. The van der Waals surface area contributed by atoms with Crippen LogP contribution in [-0.4, -0.2) is 37.7 Å². The van der Waals surface area contributed by atoms with Crippen LogP contribution >= 0.6 is 11.8 Å². The summed E-state index contributed by atoms with van der Waals surface area (Å²) in [5, 5.41) is 21.2. The fraction of sp³-hybridized carbons (Fsp3) is 0.417. The zero-order chi connectivity index (χ0) is 12.6. The van der Waals surface area contributed by atoms with Crippen LogP contribution in [0.3, 0.4) is 0 Å². The number of thioether (sulfide) groups is 1. The zero-order valence-electron chi connectivity index (χ0n) is 10.1. The molecule has 0 unspecified atom stereocenters. The van der Waals surface area contributed by atoms with Crippen LogP contribution in [-0.2, 0) is 0 Å². The molecule has 1 heterocycles. The smallest absolute Gasteiger partial charge is 0.214 e. The Hall–Kier alpha value is -1.40. The summed E-state index contributed by atoms with van der Waals surface area (Å²) in [6.07, 6.45) is 2.97. The van der Waals surface area contributed by atoms with E-state index in [9.17, 15) is 0 Å². The molecule has 2 aromatic rings. The lowest BCUT2D eigenvalue weighted by Gasteiger charge is -2.03. The predicted octanol–water partition coefficient (Wildman–Crippen LogP) is 1.92. The molecule has 0 amide bonds. The van der Waals surface area contributed by atoms with Gasteiger partial charge in [0.05, 0.1) is 5.69 Å². The molecule has 0 atom stereocenters. The molecule has 0 bridgehead atoms. The molecule has 1 aromatic carbocycles. The Kier molecular flexibility index (Phi) is 5.16. The maximum absolute atomic E-state index is 8.70. The van der Waals surface area contributed by atoms with E-state index in [0.29, 0.717) is 0 Å². The van der Waals surface area contributed by atoms with Gasteiger partial charge in [-0.25, -0.2) is 0 Å². The first-order chi connectivity index (χ1) is 8.92. The highest BCUT2D eigenvalue weighted by Gasteiger charge is 2.07. The monoisotopic (exact) mass is 264 g/mol. The van der Waals surface area contributed by atoms with Crippen molar-refractivity contribution in [2.24, 2.45) is 0 Å². The van der Waals surface area contributed by atoms with Crippen molar-refractivity contribution in [3.63, 3.8) is 0 Å². The fourth-order valence-corrected chi connectivity index (χ4v) is 2.44. The summed E-state index contributed by atoms with van der Waals surface area (Å²) >= 11 is 1.64. The minimum Gasteiger partial charge on any atom is -0.396 e. The third-order valence-electron chi connectivity index (χ3n) is 2.48. The highest BCUT2D eigenvalue weighted by molar-refractivity contribution is 7.99. The quantitative estimate of drug-likeness (QED) is 0.611. The first-order valence-corrected chi connectivity index (χ1v) is 6.98. The third-order valence-corrected chi connectivity index (χ3v) is 3.48. The first kappa shape index (κ1) is 13.0. The van der Waals surface area contributed by atoms with Crippen molar-refractivity contribution in [1.82, 2.24) is 20.2 Å². The zero-order valence-corrected chi connectivity index (χ0v) is 10.9. The molecule has 96 valence electrons. The molecule has 0 spiro atoms. The van der Waals surface area contributed by atoms with Crippen molar-refractivity contribution in [3.8, 4) is 5.69 Å². The molecule has 0 saturated heterocycles. The number of hydrogen-bond acceptors (Lipinski definition) is 5. The fourth-order valence-electron chi connectivity index (χ4n) is 1.55. The second kappa shape index (κ2) is 7.13. The van der Waals surface area contributed by atoms with E-state index in [-0.39, 0.29) is 6.61 Å². The summed E-state index contributed by atoms with van der Waals surface area (Å²) in [6.45, 7) is 0.270. The molecule has 6 heteroatoms. The number of unbranched alkanes of at least 4 members (excludes halogenated alkanes) is 2. The summed E-state index contributed by atoms with van der Waals surface area (Å²) < 4.78 is 1.75. The Morgan fingerprint density at radius 1 is 1.11 bits per heavy atom. The number of hydrogen-bond donors (Lipinski definition) is 1. The Balaban J connectivity index is 1.92. The second-order valence-electron chi connectivity index (χ2n) is 3.84. The molecular formula is C12H16N4OS. The molecular weight excluding hydrogens is 248 g/mol. The van der Waals surface area contributed by atoms with Crippen molar-refractivity contribution >= 4 is 11.8 Å². The minimum atomic E-state index is 0.270. The van der Waals surface area contributed by atoms with Gasteiger partial charge in [0.1, 0.15) is 0 Å². The van der Waals surface area contributed by atoms with Crippen molar-refractivity contribution in [2.75, 3.05) is 12.4 Å². The Bertz CT molecular complexity index is 460. The van der Waals surface area contributed by atoms with Crippen molar-refractivity contribution in [1.29, 1.82) is 0 Å². The van der Waals surface area contributed by atoms with E-state index >= 15 is 0 Å². The lowest BCUT2D eigenvalue weighted by molar-refractivity contribution is 0.284. The number of benzene rings is 1. The highest BCUT2D eigenvalue weighted by atomic mass is 32.2. The van der Waals surface area contributed by atoms with E-state index in [1.165, 1.54) is 0 Å². The number of aliphatic hydroxyl groups is 1. The normalized spacial score (nSPS) is 10.7. The van der Waals surface area contributed by atoms with E-state index < -0.39 is 0 Å². The van der Waals surface area contributed by atoms with Crippen molar-refractivity contribution < 1.29 is 5.11 Å². The molecule has 0 saturated carbocycles. The first-order valence-electron chi connectivity index (χ1n) is 5.99. The van der Waals surface area contributed by atoms with Gasteiger partial charge in [0.2, 0.25) is 5.16 Å². The second-order valence-corrected chi connectivity index (χ2v) is 4.90. The van der Waals surface area contributed by atoms with Gasteiger partial charge in [0, 0.05) is 12.4 Å². The van der Waals surface area contributed by atoms with Gasteiger partial charge in [-0.2, -0.15) is 4.68 Å². The number of para-hydroxylation sites is 1. The number of aromatic nitrogens is 4. The van der Waals surface area contributed by atoms with Crippen LogP contribution < -0.4 is 0 Å². The molecule has 18 heavy (non-hydrogen) atoms. The van der Waals surface area contributed by atoms with E-state index in [0.717, 1.165) is 35.9 Å². The van der Waals surface area contributed by atoms with E-state index in [1.54, 1.807) is 16.4 Å². The van der Waals surface area contributed by atoms with E-state index in [1.807, 2.05) is 30.3 Å². The number of tetrazole rings is 1. The summed E-state index contributed by atoms with van der Waals surface area (Å²) in [4.78, 5) is 0. The van der Waals surface area contributed by atoms with Crippen LogP contribution in [0.2, 0.25) is 0 Å². The van der Waals surface area contributed by atoms with Crippen molar-refractivity contribution in [2.45, 2.75) is 24.4 Å². The topological polar surface area (TPSA) is 63.8 Å². The van der Waals surface area contributed by atoms with Crippen LogP contribution in [0.15, 0.2) is 35.5 Å². The van der Waals surface area contributed by atoms with E-state index in [2.05, 4.69) is 15.5 Å². The third kappa shape index (κ3) is 3.54. The molecule has 1 N–H and O–H groups in total. The Morgan fingerprint density at radius 2 is 1.94 bits per heavy atom. The van der Waals surface area contributed by atoms with E-state index in [4.69, 9.17) is 5.11 Å². The molecule has 0 aliphatic heterocycles. The van der Waals surface area contributed by atoms with Crippen LogP contribution in [0.4, 0.5) is 0 Å². The maximum atomic E-state index is 8.70. The van der Waals surface area contributed by atoms with Gasteiger partial charge < -0.3 is 5.11 Å². The average molecular weight is 264 g/mol. The lowest BCUT2D eigenvalue weighted by Crippen LogP contribution is -1.99. The van der Waals surface area contributed by atoms with Crippen molar-refractivity contribution in [3.05, 3.63) is 30.3 Å². The van der Waals surface area contributed by atoms with Gasteiger partial charge >= 0.3 is 0 Å². The Morgan fingerprint density at radius 3 is 2.72 bits per heavy atom. The number of rotatable bonds is 7. The lowest BCUT2D eigenvalue weighted by atomic mass is 10.3. The Labute approximate surface area is 110 Å². The van der Waals surface area contributed by atoms with Gasteiger partial charge in [0.25, 0.3) is 0 Å². The van der Waals surface area contributed by atoms with Crippen LogP contribution in [0.5, 0.6) is 0 Å². The summed E-state index contributed by atoms with van der Waals surface area (Å²) in [5.74, 6) is 0.965. The van der Waals surface area contributed by atoms with Crippen LogP contribution in [0.25, 0.3) is 5.69 Å². The number of nitrogens with zero attached hydrogens (tertiary/aromatic N) is 4. The average Bonchev–Trinajstić information content (AvgIpc) is 2.88. The van der Waals surface area contributed by atoms with Gasteiger partial charge in [-0.05, 0) is 35.4 Å². The molecule has 0 fully saturated rings. The highest BCUT2D eigenvalue weighted by Crippen LogP contribution is 2.19. The summed E-state index contributed by atoms with van der Waals surface area (Å²) in [6, 6.07) is 9.85. The molecule has 5 nitrogen and oxygen atoms in total. The van der Waals surface area contributed by atoms with Gasteiger partial charge in [-0.3, -0.25) is 0 Å². The molecule has 0 aliphatic carbocycles. The SMILES string of the molecule is OCCCCCSc1nnnn1-c1ccccc1. The van der Waals surface area contributed by atoms with Gasteiger partial charge in [0.15, 0.2) is 0 Å². The van der Waals surface area contributed by atoms with Gasteiger partial charge in [-0.15, -0.1) is 5.10 Å². The van der Waals surface area contributed by atoms with Crippen LogP contribution in [0, 0.1) is 0 Å². The maximum Gasteiger partial charge on any atom is 0.214 e. The van der Waals surface area contributed by atoms with Gasteiger partial charge in [-0.1, -0.05) is 36.4 Å². The largest absolute Gasteiger partial charge is 0.396 e. The summed E-state index contributed by atoms with van der Waals surface area (Å²) in [7, 11) is 0. The molecule has 1 aromatic heterocycles. The predicted molar refractivity (Wildman–Crippen MR) is 70.8 cm³/mol. The minimum absolute atomic E-state index is 0.270. The molecule has 0 aliphatic rings. The molecule has 0 radical (unpaired) electrons. The van der Waals surface area contributed by atoms with Crippen LogP contribution in [0.1, 0.15) is 19.3 Å².